The second-order valence-corrected chi connectivity index (χ2v) is 6.29. The fourth-order valence-electron chi connectivity index (χ4n) is 3.25. The molecule has 0 unspecified atom stereocenters. The number of hydrogen-bond acceptors (Lipinski definition) is 4. The van der Waals surface area contributed by atoms with Crippen molar-refractivity contribution in [3.8, 4) is 0 Å². The third kappa shape index (κ3) is 6.30. The summed E-state index contributed by atoms with van der Waals surface area (Å²) in [5.74, 6) is -0.683. The number of carbonyl (C=O) groups is 2. The average Bonchev–Trinajstić information content (AvgIpc) is 2.56. The maximum atomic E-state index is 12.6. The molecule has 1 aromatic rings. The molecular formula is C18H28ClN3O3. The lowest BCUT2D eigenvalue weighted by Crippen LogP contribution is -2.48. The van der Waals surface area contributed by atoms with Crippen LogP contribution in [0.25, 0.3) is 0 Å². The molecule has 6 nitrogen and oxygen atoms in total. The van der Waals surface area contributed by atoms with Gasteiger partial charge in [0.05, 0.1) is 13.1 Å². The van der Waals surface area contributed by atoms with Crippen molar-refractivity contribution >= 4 is 30.0 Å². The Labute approximate surface area is 155 Å². The molecule has 140 valence electrons. The van der Waals surface area contributed by atoms with Gasteiger partial charge in [0.1, 0.15) is 0 Å². The third-order valence-electron chi connectivity index (χ3n) is 4.61. The number of anilines is 1. The van der Waals surface area contributed by atoms with Crippen molar-refractivity contribution in [1.29, 1.82) is 0 Å². The van der Waals surface area contributed by atoms with E-state index in [0.717, 1.165) is 31.6 Å². The Morgan fingerprint density at radius 1 is 1.20 bits per heavy atom. The minimum atomic E-state index is -0.795. The van der Waals surface area contributed by atoms with Crippen molar-refractivity contribution < 1.29 is 14.7 Å². The summed E-state index contributed by atoms with van der Waals surface area (Å²) >= 11 is 0. The number of carbonyl (C=O) groups excluding carboxylic acids is 1. The summed E-state index contributed by atoms with van der Waals surface area (Å²) < 4.78 is 0. The van der Waals surface area contributed by atoms with E-state index in [4.69, 9.17) is 5.11 Å². The van der Waals surface area contributed by atoms with Crippen molar-refractivity contribution in [2.75, 3.05) is 44.7 Å². The van der Waals surface area contributed by atoms with E-state index < -0.39 is 5.97 Å². The van der Waals surface area contributed by atoms with E-state index in [1.54, 1.807) is 0 Å². The largest absolute Gasteiger partial charge is 0.480 e. The summed E-state index contributed by atoms with van der Waals surface area (Å²) in [5, 5.41) is 8.88. The molecule has 0 spiro atoms. The number of rotatable bonds is 7. The van der Waals surface area contributed by atoms with Gasteiger partial charge in [-0.05, 0) is 38.9 Å². The summed E-state index contributed by atoms with van der Waals surface area (Å²) in [6.45, 7) is 4.78. The summed E-state index contributed by atoms with van der Waals surface area (Å²) in [5.41, 5.74) is 0.932. The van der Waals surface area contributed by atoms with Crippen LogP contribution in [0.5, 0.6) is 0 Å². The molecule has 1 aromatic carbocycles. The van der Waals surface area contributed by atoms with E-state index in [9.17, 15) is 9.59 Å². The monoisotopic (exact) mass is 369 g/mol. The van der Waals surface area contributed by atoms with Crippen LogP contribution in [-0.4, -0.2) is 72.6 Å². The maximum Gasteiger partial charge on any atom is 0.317 e. The smallest absolute Gasteiger partial charge is 0.317 e. The molecule has 1 aliphatic rings. The number of piperidine rings is 1. The molecule has 1 saturated heterocycles. The zero-order valence-electron chi connectivity index (χ0n) is 14.9. The first-order chi connectivity index (χ1) is 11.5. The molecular weight excluding hydrogens is 342 g/mol. The highest BCUT2D eigenvalue weighted by Crippen LogP contribution is 2.17. The molecule has 0 radical (unpaired) electrons. The molecule has 2 rings (SSSR count). The maximum absolute atomic E-state index is 12.6. The van der Waals surface area contributed by atoms with Gasteiger partial charge in [0.15, 0.2) is 0 Å². The Morgan fingerprint density at radius 3 is 2.32 bits per heavy atom. The number of likely N-dealkylation sites (N-methyl/N-ethyl adjacent to an activating group) is 2. The van der Waals surface area contributed by atoms with Crippen LogP contribution in [0.4, 0.5) is 5.69 Å². The minimum Gasteiger partial charge on any atom is -0.480 e. The number of para-hydroxylation sites is 1. The molecule has 1 aliphatic heterocycles. The molecule has 7 heteroatoms. The van der Waals surface area contributed by atoms with Gasteiger partial charge < -0.3 is 10.0 Å². The molecule has 1 fully saturated rings. The van der Waals surface area contributed by atoms with Gasteiger partial charge in [0.2, 0.25) is 5.91 Å². The topological polar surface area (TPSA) is 64.1 Å². The lowest BCUT2D eigenvalue weighted by Gasteiger charge is -2.36. The minimum absolute atomic E-state index is 0. The third-order valence-corrected chi connectivity index (χ3v) is 4.61. The van der Waals surface area contributed by atoms with Crippen molar-refractivity contribution in [3.63, 3.8) is 0 Å². The highest BCUT2D eigenvalue weighted by Gasteiger charge is 2.25. The fourth-order valence-corrected chi connectivity index (χ4v) is 3.25. The standard InChI is InChI=1S/C18H27N3O3.ClH/c1-3-21(16-7-5-4-6-8-16)17(22)13-20-11-9-15(10-12-20)19(2)14-18(23)24;/h4-8,15H,3,9-14H2,1-2H3,(H,23,24);1H. The number of carboxylic acids is 1. The molecule has 0 atom stereocenters. The predicted molar refractivity (Wildman–Crippen MR) is 101 cm³/mol. The van der Waals surface area contributed by atoms with E-state index in [-0.39, 0.29) is 30.9 Å². The van der Waals surface area contributed by atoms with Crippen LogP contribution in [0.2, 0.25) is 0 Å². The molecule has 1 amide bonds. The quantitative estimate of drug-likeness (QED) is 0.795. The summed E-state index contributed by atoms with van der Waals surface area (Å²) in [4.78, 5) is 29.3. The van der Waals surface area contributed by atoms with Gasteiger partial charge in [-0.1, -0.05) is 18.2 Å². The van der Waals surface area contributed by atoms with Crippen LogP contribution in [-0.2, 0) is 9.59 Å². The number of benzene rings is 1. The first kappa shape index (κ1) is 21.4. The van der Waals surface area contributed by atoms with E-state index >= 15 is 0 Å². The molecule has 1 N–H and O–H groups in total. The van der Waals surface area contributed by atoms with E-state index in [1.807, 2.05) is 54.1 Å². The van der Waals surface area contributed by atoms with Crippen molar-refractivity contribution in [3.05, 3.63) is 30.3 Å². The van der Waals surface area contributed by atoms with Crippen LogP contribution in [0.15, 0.2) is 30.3 Å². The van der Waals surface area contributed by atoms with Crippen LogP contribution in [0, 0.1) is 0 Å². The van der Waals surface area contributed by atoms with Crippen LogP contribution in [0.1, 0.15) is 19.8 Å². The number of amides is 1. The Bertz CT molecular complexity index is 548. The Kier molecular flexibility index (Phi) is 8.89. The van der Waals surface area contributed by atoms with E-state index in [0.29, 0.717) is 13.1 Å². The Morgan fingerprint density at radius 2 is 1.80 bits per heavy atom. The first-order valence-electron chi connectivity index (χ1n) is 8.51. The zero-order valence-corrected chi connectivity index (χ0v) is 15.7. The molecule has 0 saturated carbocycles. The normalized spacial score (nSPS) is 15.6. The zero-order chi connectivity index (χ0) is 17.5. The number of nitrogens with zero attached hydrogens (tertiary/aromatic N) is 3. The van der Waals surface area contributed by atoms with Gasteiger partial charge in [-0.25, -0.2) is 0 Å². The molecule has 25 heavy (non-hydrogen) atoms. The summed E-state index contributed by atoms with van der Waals surface area (Å²) in [6.07, 6.45) is 1.79. The SMILES string of the molecule is CCN(C(=O)CN1CCC(N(C)CC(=O)O)CC1)c1ccccc1.Cl. The number of aliphatic carboxylic acids is 1. The summed E-state index contributed by atoms with van der Waals surface area (Å²) in [6, 6.07) is 10.0. The van der Waals surface area contributed by atoms with E-state index in [1.165, 1.54) is 0 Å². The van der Waals surface area contributed by atoms with Gasteiger partial charge in [0.25, 0.3) is 0 Å². The highest BCUT2D eigenvalue weighted by atomic mass is 35.5. The van der Waals surface area contributed by atoms with Gasteiger partial charge in [-0.15, -0.1) is 12.4 Å². The number of hydrogen-bond donors (Lipinski definition) is 1. The van der Waals surface area contributed by atoms with Crippen molar-refractivity contribution in [2.24, 2.45) is 0 Å². The lowest BCUT2D eigenvalue weighted by atomic mass is 10.0. The second-order valence-electron chi connectivity index (χ2n) is 6.29. The summed E-state index contributed by atoms with van der Waals surface area (Å²) in [7, 11) is 1.85. The predicted octanol–water partition coefficient (Wildman–Crippen LogP) is 1.94. The van der Waals surface area contributed by atoms with Gasteiger partial charge in [0, 0.05) is 31.4 Å². The fraction of sp³-hybridized carbons (Fsp3) is 0.556. The Balaban J connectivity index is 0.00000312. The number of likely N-dealkylation sites (tertiary alicyclic amines) is 1. The molecule has 0 bridgehead atoms. The van der Waals surface area contributed by atoms with E-state index in [2.05, 4.69) is 4.90 Å². The van der Waals surface area contributed by atoms with Crippen molar-refractivity contribution in [2.45, 2.75) is 25.8 Å². The molecule has 0 aromatic heterocycles. The number of carboxylic acid groups (broad SMARTS) is 1. The molecule has 1 heterocycles. The van der Waals surface area contributed by atoms with Crippen LogP contribution < -0.4 is 4.90 Å². The Hall–Kier alpha value is -1.63. The van der Waals surface area contributed by atoms with Gasteiger partial charge >= 0.3 is 5.97 Å². The van der Waals surface area contributed by atoms with Gasteiger partial charge in [-0.3, -0.25) is 19.4 Å². The average molecular weight is 370 g/mol. The van der Waals surface area contributed by atoms with Crippen molar-refractivity contribution in [1.82, 2.24) is 9.80 Å². The highest BCUT2D eigenvalue weighted by molar-refractivity contribution is 5.94. The second kappa shape index (κ2) is 10.4. The molecule has 0 aliphatic carbocycles. The first-order valence-corrected chi connectivity index (χ1v) is 8.51. The van der Waals surface area contributed by atoms with Crippen LogP contribution in [0.3, 0.4) is 0 Å². The van der Waals surface area contributed by atoms with Gasteiger partial charge in [-0.2, -0.15) is 0 Å². The van der Waals surface area contributed by atoms with Crippen LogP contribution >= 0.6 is 12.4 Å². The number of halogens is 1. The lowest BCUT2D eigenvalue weighted by molar-refractivity contribution is -0.138.